The minimum Gasteiger partial charge on any atom is -0.458 e. The molecular weight excluding hydrogens is 390 g/mol. The van der Waals surface area contributed by atoms with E-state index in [2.05, 4.69) is 33.7 Å². The van der Waals surface area contributed by atoms with Crippen molar-refractivity contribution >= 4 is 50.8 Å². The average Bonchev–Trinajstić information content (AvgIpc) is 3.07. The highest BCUT2D eigenvalue weighted by molar-refractivity contribution is 7.98. The van der Waals surface area contributed by atoms with Gasteiger partial charge >= 0.3 is 5.97 Å². The third kappa shape index (κ3) is 4.00. The first-order valence-electron chi connectivity index (χ1n) is 9.52. The van der Waals surface area contributed by atoms with Crippen LogP contribution in [-0.2, 0) is 4.74 Å². The van der Waals surface area contributed by atoms with E-state index in [-0.39, 0.29) is 12.1 Å². The van der Waals surface area contributed by atoms with E-state index in [1.807, 2.05) is 19.1 Å². The number of carbonyl (C=O) groups is 1. The number of hydrogen-bond donors (Lipinski definition) is 1. The van der Waals surface area contributed by atoms with Crippen LogP contribution in [0.5, 0.6) is 0 Å². The Morgan fingerprint density at radius 3 is 2.86 bits per heavy atom. The van der Waals surface area contributed by atoms with Crippen LogP contribution in [0.15, 0.2) is 35.5 Å². The summed E-state index contributed by atoms with van der Waals surface area (Å²) in [6.45, 7) is 1.95. The van der Waals surface area contributed by atoms with Crippen LogP contribution in [0.1, 0.15) is 47.3 Å². The summed E-state index contributed by atoms with van der Waals surface area (Å²) in [5.74, 6) is 0.483. The van der Waals surface area contributed by atoms with Gasteiger partial charge in [-0.15, -0.1) is 23.1 Å². The summed E-state index contributed by atoms with van der Waals surface area (Å²) in [6, 6.07) is 8.17. The van der Waals surface area contributed by atoms with E-state index in [0.717, 1.165) is 47.2 Å². The van der Waals surface area contributed by atoms with E-state index >= 15 is 0 Å². The van der Waals surface area contributed by atoms with Crippen molar-refractivity contribution in [3.8, 4) is 0 Å². The van der Waals surface area contributed by atoms with Crippen molar-refractivity contribution in [3.05, 3.63) is 41.0 Å². The number of benzene rings is 1. The van der Waals surface area contributed by atoms with Crippen molar-refractivity contribution in [2.75, 3.05) is 11.6 Å². The van der Waals surface area contributed by atoms with Crippen LogP contribution in [0, 0.1) is 6.92 Å². The maximum atomic E-state index is 12.8. The minimum atomic E-state index is -0.234. The predicted molar refractivity (Wildman–Crippen MR) is 116 cm³/mol. The van der Waals surface area contributed by atoms with Crippen molar-refractivity contribution in [1.82, 2.24) is 9.97 Å². The lowest BCUT2D eigenvalue weighted by Crippen LogP contribution is -2.20. The highest BCUT2D eigenvalue weighted by atomic mass is 32.2. The molecule has 3 aromatic rings. The number of aryl methyl sites for hydroxylation is 1. The van der Waals surface area contributed by atoms with Gasteiger partial charge in [-0.05, 0) is 62.6 Å². The number of esters is 1. The summed E-state index contributed by atoms with van der Waals surface area (Å²) in [7, 11) is 0. The molecular formula is C21H23N3O2S2. The number of aromatic nitrogens is 2. The van der Waals surface area contributed by atoms with Gasteiger partial charge in [0.25, 0.3) is 0 Å². The molecule has 0 bridgehead atoms. The molecule has 7 heteroatoms. The molecule has 1 aliphatic rings. The fraction of sp³-hybridized carbons (Fsp3) is 0.381. The number of nitrogens with zero attached hydrogens (tertiary/aromatic N) is 2. The van der Waals surface area contributed by atoms with E-state index < -0.39 is 0 Å². The van der Waals surface area contributed by atoms with Gasteiger partial charge in [0.1, 0.15) is 28.0 Å². The average molecular weight is 414 g/mol. The van der Waals surface area contributed by atoms with Crippen molar-refractivity contribution < 1.29 is 9.53 Å². The second-order valence-corrected chi connectivity index (χ2v) is 8.86. The fourth-order valence-corrected chi connectivity index (χ4v) is 5.08. The van der Waals surface area contributed by atoms with Gasteiger partial charge in [-0.3, -0.25) is 0 Å². The van der Waals surface area contributed by atoms with Crippen LogP contribution >= 0.6 is 23.1 Å². The van der Waals surface area contributed by atoms with Crippen molar-refractivity contribution in [2.45, 2.75) is 50.0 Å². The highest BCUT2D eigenvalue weighted by Gasteiger charge is 2.24. The highest BCUT2D eigenvalue weighted by Crippen LogP contribution is 2.35. The SMILES string of the molecule is CSc1cccc(Nc2ncnc3sc(C(=O)OC4CCCCC4)c(C)c23)c1. The van der Waals surface area contributed by atoms with E-state index in [9.17, 15) is 4.79 Å². The molecule has 146 valence electrons. The normalized spacial score (nSPS) is 14.9. The van der Waals surface area contributed by atoms with E-state index in [4.69, 9.17) is 4.74 Å². The van der Waals surface area contributed by atoms with Crippen LogP contribution in [-0.4, -0.2) is 28.3 Å². The van der Waals surface area contributed by atoms with E-state index in [0.29, 0.717) is 10.7 Å². The maximum Gasteiger partial charge on any atom is 0.348 e. The maximum absolute atomic E-state index is 12.8. The Bertz CT molecular complexity index is 996. The molecule has 0 spiro atoms. The standard InChI is InChI=1S/C21H23N3O2S2/c1-13-17-19(24-14-7-6-10-16(11-14)27-2)22-12-23-20(17)28-18(13)21(25)26-15-8-4-3-5-9-15/h6-7,10-12,15H,3-5,8-9H2,1-2H3,(H,22,23,24). The van der Waals surface area contributed by atoms with Crippen LogP contribution in [0.4, 0.5) is 11.5 Å². The molecule has 0 aliphatic heterocycles. The first kappa shape index (κ1) is 19.2. The molecule has 1 saturated carbocycles. The number of hydrogen-bond acceptors (Lipinski definition) is 7. The van der Waals surface area contributed by atoms with Crippen LogP contribution in [0.25, 0.3) is 10.2 Å². The van der Waals surface area contributed by atoms with Gasteiger partial charge in [-0.25, -0.2) is 14.8 Å². The molecule has 1 aliphatic carbocycles. The summed E-state index contributed by atoms with van der Waals surface area (Å²) >= 11 is 3.08. The zero-order valence-corrected chi connectivity index (χ0v) is 17.7. The van der Waals surface area contributed by atoms with Crippen molar-refractivity contribution in [2.24, 2.45) is 0 Å². The smallest absolute Gasteiger partial charge is 0.348 e. The predicted octanol–water partition coefficient (Wildman–Crippen LogP) is 5.95. The molecule has 0 unspecified atom stereocenters. The Hall–Kier alpha value is -2.12. The first-order valence-corrected chi connectivity index (χ1v) is 11.6. The number of anilines is 2. The molecule has 0 saturated heterocycles. The molecule has 2 heterocycles. The lowest BCUT2D eigenvalue weighted by atomic mass is 9.98. The van der Waals surface area contributed by atoms with Gasteiger partial charge in [-0.1, -0.05) is 12.5 Å². The number of thiophene rings is 1. The Morgan fingerprint density at radius 1 is 1.25 bits per heavy atom. The van der Waals surface area contributed by atoms with Gasteiger partial charge in [-0.2, -0.15) is 0 Å². The third-order valence-electron chi connectivity index (χ3n) is 5.07. The zero-order valence-electron chi connectivity index (χ0n) is 16.0. The Morgan fingerprint density at radius 2 is 2.07 bits per heavy atom. The van der Waals surface area contributed by atoms with Gasteiger partial charge in [0.05, 0.1) is 5.39 Å². The number of fused-ring (bicyclic) bond motifs is 1. The lowest BCUT2D eigenvalue weighted by Gasteiger charge is -2.21. The second kappa shape index (κ2) is 8.49. The largest absolute Gasteiger partial charge is 0.458 e. The number of thioether (sulfide) groups is 1. The summed E-state index contributed by atoms with van der Waals surface area (Å²) in [5.41, 5.74) is 1.84. The molecule has 0 atom stereocenters. The van der Waals surface area contributed by atoms with Crippen molar-refractivity contribution in [1.29, 1.82) is 0 Å². The van der Waals surface area contributed by atoms with Crippen molar-refractivity contribution in [3.63, 3.8) is 0 Å². The van der Waals surface area contributed by atoms with Gasteiger partial charge in [0, 0.05) is 10.6 Å². The van der Waals surface area contributed by atoms with Crippen LogP contribution < -0.4 is 5.32 Å². The van der Waals surface area contributed by atoms with Gasteiger partial charge < -0.3 is 10.1 Å². The molecule has 1 N–H and O–H groups in total. The monoisotopic (exact) mass is 413 g/mol. The van der Waals surface area contributed by atoms with Gasteiger partial charge in [0.15, 0.2) is 0 Å². The van der Waals surface area contributed by atoms with E-state index in [1.54, 1.807) is 11.8 Å². The number of nitrogens with one attached hydrogen (secondary N) is 1. The number of ether oxygens (including phenoxy) is 1. The summed E-state index contributed by atoms with van der Waals surface area (Å²) in [4.78, 5) is 24.2. The van der Waals surface area contributed by atoms with E-state index in [1.165, 1.54) is 29.0 Å². The van der Waals surface area contributed by atoms with Crippen LogP contribution in [0.3, 0.4) is 0 Å². The molecule has 1 fully saturated rings. The molecule has 2 aromatic heterocycles. The number of carbonyl (C=O) groups excluding carboxylic acids is 1. The molecule has 5 nitrogen and oxygen atoms in total. The molecule has 4 rings (SSSR count). The topological polar surface area (TPSA) is 64.1 Å². The summed E-state index contributed by atoms with van der Waals surface area (Å²) in [6.07, 6.45) is 9.07. The number of rotatable bonds is 5. The minimum absolute atomic E-state index is 0.0452. The summed E-state index contributed by atoms with van der Waals surface area (Å²) in [5, 5.41) is 4.27. The summed E-state index contributed by atoms with van der Waals surface area (Å²) < 4.78 is 5.78. The first-order chi connectivity index (χ1) is 13.7. The third-order valence-corrected chi connectivity index (χ3v) is 6.98. The second-order valence-electron chi connectivity index (χ2n) is 6.98. The molecule has 0 amide bonds. The van der Waals surface area contributed by atoms with Crippen LogP contribution in [0.2, 0.25) is 0 Å². The Balaban J connectivity index is 1.63. The quantitative estimate of drug-likeness (QED) is 0.412. The fourth-order valence-electron chi connectivity index (χ4n) is 3.59. The zero-order chi connectivity index (χ0) is 19.5. The lowest BCUT2D eigenvalue weighted by molar-refractivity contribution is 0.0216. The Labute approximate surface area is 172 Å². The van der Waals surface area contributed by atoms with Gasteiger partial charge in [0.2, 0.25) is 0 Å². The Kier molecular flexibility index (Phi) is 5.82. The molecule has 1 aromatic carbocycles. The molecule has 0 radical (unpaired) electrons. The molecule has 28 heavy (non-hydrogen) atoms.